The third kappa shape index (κ3) is 5.91. The quantitative estimate of drug-likeness (QED) is 0.758. The van der Waals surface area contributed by atoms with Gasteiger partial charge in [-0.2, -0.15) is 0 Å². The summed E-state index contributed by atoms with van der Waals surface area (Å²) in [6.45, 7) is 5.17. The van der Waals surface area contributed by atoms with Crippen molar-refractivity contribution >= 4 is 21.9 Å². The van der Waals surface area contributed by atoms with Crippen molar-refractivity contribution < 1.29 is 27.5 Å². The highest BCUT2D eigenvalue weighted by atomic mass is 32.2. The fraction of sp³-hybridized carbons (Fsp3) is 0.846. The van der Waals surface area contributed by atoms with Gasteiger partial charge in [-0.15, -0.1) is 0 Å². The number of ether oxygens (including phenoxy) is 2. The van der Waals surface area contributed by atoms with Crippen LogP contribution in [0.3, 0.4) is 0 Å². The lowest BCUT2D eigenvalue weighted by Crippen LogP contribution is -2.45. The molecule has 1 rings (SSSR count). The van der Waals surface area contributed by atoms with Crippen molar-refractivity contribution in [2.45, 2.75) is 45.3 Å². The van der Waals surface area contributed by atoms with Gasteiger partial charge in [0.25, 0.3) is 0 Å². The molecule has 1 amide bonds. The molecule has 122 valence electrons. The number of methoxy groups -OCH3 is 1. The van der Waals surface area contributed by atoms with Crippen LogP contribution in [0.2, 0.25) is 0 Å². The molecule has 1 N–H and O–H groups in total. The highest BCUT2D eigenvalue weighted by Gasteiger charge is 2.36. The van der Waals surface area contributed by atoms with Gasteiger partial charge in [-0.05, 0) is 33.6 Å². The molecule has 21 heavy (non-hydrogen) atoms. The average molecular weight is 321 g/mol. The Kier molecular flexibility index (Phi) is 5.61. The van der Waals surface area contributed by atoms with Crippen molar-refractivity contribution in [2.24, 2.45) is 5.92 Å². The Morgan fingerprint density at radius 3 is 2.24 bits per heavy atom. The van der Waals surface area contributed by atoms with Crippen molar-refractivity contribution in [1.82, 2.24) is 5.32 Å². The lowest BCUT2D eigenvalue weighted by atomic mass is 9.95. The molecule has 0 aromatic heterocycles. The maximum Gasteiger partial charge on any atom is 0.407 e. The Labute approximate surface area is 125 Å². The van der Waals surface area contributed by atoms with Crippen molar-refractivity contribution in [3.8, 4) is 0 Å². The van der Waals surface area contributed by atoms with Crippen LogP contribution in [0, 0.1) is 5.92 Å². The maximum absolute atomic E-state index is 11.8. The molecule has 0 unspecified atom stereocenters. The van der Waals surface area contributed by atoms with Crippen LogP contribution in [0.5, 0.6) is 0 Å². The van der Waals surface area contributed by atoms with Crippen LogP contribution in [-0.2, 0) is 24.1 Å². The van der Waals surface area contributed by atoms with E-state index in [1.165, 1.54) is 7.11 Å². The second-order valence-corrected chi connectivity index (χ2v) is 8.42. The van der Waals surface area contributed by atoms with Gasteiger partial charge >= 0.3 is 12.1 Å². The van der Waals surface area contributed by atoms with Crippen molar-refractivity contribution in [3.05, 3.63) is 0 Å². The van der Waals surface area contributed by atoms with E-state index >= 15 is 0 Å². The van der Waals surface area contributed by atoms with Crippen LogP contribution in [0.4, 0.5) is 4.79 Å². The number of hydrogen-bond donors (Lipinski definition) is 1. The summed E-state index contributed by atoms with van der Waals surface area (Å²) in [6, 6.07) is -0.607. The Bertz CT molecular complexity index is 493. The largest absolute Gasteiger partial charge is 0.469 e. The highest BCUT2D eigenvalue weighted by molar-refractivity contribution is 7.91. The van der Waals surface area contributed by atoms with Gasteiger partial charge in [-0.3, -0.25) is 4.79 Å². The zero-order valence-electron chi connectivity index (χ0n) is 12.8. The minimum atomic E-state index is -3.20. The molecule has 0 radical (unpaired) electrons. The van der Waals surface area contributed by atoms with Crippen LogP contribution in [0.25, 0.3) is 0 Å². The molecule has 0 aromatic carbocycles. The van der Waals surface area contributed by atoms with E-state index in [1.807, 2.05) is 0 Å². The Balaban J connectivity index is 2.83. The van der Waals surface area contributed by atoms with Crippen LogP contribution >= 0.6 is 0 Å². The first-order valence-electron chi connectivity index (χ1n) is 6.82. The maximum atomic E-state index is 11.8. The standard InChI is InChI=1S/C13H23NO6S/c1-13(2,3)20-12(16)14-10-6-8-21(17,18)7-5-9(10)11(15)19-4/h9-10H,5-8H2,1-4H3,(H,14,16)/t9-,10+/m0/s1. The van der Waals surface area contributed by atoms with E-state index in [1.54, 1.807) is 20.8 Å². The van der Waals surface area contributed by atoms with E-state index in [0.717, 1.165) is 0 Å². The van der Waals surface area contributed by atoms with Gasteiger partial charge in [0, 0.05) is 6.04 Å². The first-order valence-corrected chi connectivity index (χ1v) is 8.64. The molecule has 0 bridgehead atoms. The first-order chi connectivity index (χ1) is 9.54. The Morgan fingerprint density at radius 1 is 1.14 bits per heavy atom. The van der Waals surface area contributed by atoms with Gasteiger partial charge in [-0.25, -0.2) is 13.2 Å². The zero-order chi connectivity index (χ0) is 16.3. The van der Waals surface area contributed by atoms with Crippen LogP contribution in [-0.4, -0.2) is 50.7 Å². The fourth-order valence-electron chi connectivity index (χ4n) is 2.18. The summed E-state index contributed by atoms with van der Waals surface area (Å²) in [5.74, 6) is -1.35. The summed E-state index contributed by atoms with van der Waals surface area (Å²) >= 11 is 0. The van der Waals surface area contributed by atoms with Crippen molar-refractivity contribution in [3.63, 3.8) is 0 Å². The summed E-state index contributed by atoms with van der Waals surface area (Å²) < 4.78 is 33.2. The third-order valence-electron chi connectivity index (χ3n) is 3.17. The normalized spacial score (nSPS) is 25.5. The molecule has 7 nitrogen and oxygen atoms in total. The van der Waals surface area contributed by atoms with Crippen LogP contribution in [0.1, 0.15) is 33.6 Å². The van der Waals surface area contributed by atoms with Crippen molar-refractivity contribution in [2.75, 3.05) is 18.6 Å². The smallest absolute Gasteiger partial charge is 0.407 e. The minimum Gasteiger partial charge on any atom is -0.469 e. The van der Waals surface area contributed by atoms with Gasteiger partial charge in [-0.1, -0.05) is 0 Å². The molecule has 1 aliphatic heterocycles. The predicted molar refractivity (Wildman–Crippen MR) is 76.6 cm³/mol. The lowest BCUT2D eigenvalue weighted by molar-refractivity contribution is -0.146. The van der Waals surface area contributed by atoms with E-state index < -0.39 is 39.5 Å². The molecule has 0 aromatic rings. The zero-order valence-corrected chi connectivity index (χ0v) is 13.7. The highest BCUT2D eigenvalue weighted by Crippen LogP contribution is 2.21. The molecule has 1 saturated heterocycles. The molecule has 1 fully saturated rings. The van der Waals surface area contributed by atoms with Gasteiger partial charge < -0.3 is 14.8 Å². The summed E-state index contributed by atoms with van der Waals surface area (Å²) in [7, 11) is -1.96. The van der Waals surface area contributed by atoms with Crippen LogP contribution in [0.15, 0.2) is 0 Å². The number of nitrogens with one attached hydrogen (secondary N) is 1. The summed E-state index contributed by atoms with van der Waals surface area (Å²) in [4.78, 5) is 23.6. The topological polar surface area (TPSA) is 98.8 Å². The first kappa shape index (κ1) is 17.7. The predicted octanol–water partition coefficient (Wildman–Crippen LogP) is 0.877. The number of amides is 1. The molecule has 0 spiro atoms. The molecule has 0 saturated carbocycles. The van der Waals surface area contributed by atoms with E-state index in [4.69, 9.17) is 9.47 Å². The van der Waals surface area contributed by atoms with Crippen LogP contribution < -0.4 is 5.32 Å². The van der Waals surface area contributed by atoms with Gasteiger partial charge in [0.05, 0.1) is 24.5 Å². The molecular weight excluding hydrogens is 298 g/mol. The van der Waals surface area contributed by atoms with E-state index in [2.05, 4.69) is 5.32 Å². The molecule has 8 heteroatoms. The Morgan fingerprint density at radius 2 is 1.71 bits per heavy atom. The summed E-state index contributed by atoms with van der Waals surface area (Å²) in [5, 5.41) is 2.59. The number of carbonyl (C=O) groups excluding carboxylic acids is 2. The molecular formula is C13H23NO6S. The number of rotatable bonds is 2. The summed E-state index contributed by atoms with van der Waals surface area (Å²) in [5.41, 5.74) is -0.665. The fourth-order valence-corrected chi connectivity index (χ4v) is 3.61. The molecule has 1 heterocycles. The number of carbonyl (C=O) groups is 2. The molecule has 0 aliphatic carbocycles. The SMILES string of the molecule is COC(=O)[C@H]1CCS(=O)(=O)CC[C@H]1NC(=O)OC(C)(C)C. The van der Waals surface area contributed by atoms with Gasteiger partial charge in [0.2, 0.25) is 0 Å². The number of alkyl carbamates (subject to hydrolysis) is 1. The third-order valence-corrected chi connectivity index (χ3v) is 4.89. The number of hydrogen-bond acceptors (Lipinski definition) is 6. The number of esters is 1. The van der Waals surface area contributed by atoms with Gasteiger partial charge in [0.15, 0.2) is 0 Å². The number of sulfone groups is 1. The Hall–Kier alpha value is -1.31. The van der Waals surface area contributed by atoms with E-state index in [0.29, 0.717) is 0 Å². The second kappa shape index (κ2) is 6.64. The minimum absolute atomic E-state index is 0.0685. The lowest BCUT2D eigenvalue weighted by Gasteiger charge is -2.26. The van der Waals surface area contributed by atoms with E-state index in [9.17, 15) is 18.0 Å². The summed E-state index contributed by atoms with van der Waals surface area (Å²) in [6.07, 6.45) is -0.364. The monoisotopic (exact) mass is 321 g/mol. The average Bonchev–Trinajstić information content (AvgIpc) is 2.46. The molecule has 1 aliphatic rings. The second-order valence-electron chi connectivity index (χ2n) is 6.11. The van der Waals surface area contributed by atoms with Gasteiger partial charge in [0.1, 0.15) is 15.4 Å². The van der Waals surface area contributed by atoms with E-state index in [-0.39, 0.29) is 24.3 Å². The molecule has 2 atom stereocenters. The van der Waals surface area contributed by atoms with Crippen molar-refractivity contribution in [1.29, 1.82) is 0 Å².